The SMILES string of the molecule is CC12CCC3C4CCC(N5CCCC5)CC4CCC3C1CC=C2c1ccc2cnccc2c1. The monoisotopic (exact) mass is 440 g/mol. The first kappa shape index (κ1) is 20.7. The number of nitrogens with zero attached hydrogens (tertiary/aromatic N) is 2. The number of rotatable bonds is 2. The Bertz CT molecular complexity index is 1070. The fourth-order valence-electron chi connectivity index (χ4n) is 9.53. The van der Waals surface area contributed by atoms with Crippen molar-refractivity contribution in [3.63, 3.8) is 0 Å². The van der Waals surface area contributed by atoms with Crippen LogP contribution in [0.4, 0.5) is 0 Å². The lowest BCUT2D eigenvalue weighted by molar-refractivity contribution is -0.0499. The molecule has 1 aliphatic heterocycles. The summed E-state index contributed by atoms with van der Waals surface area (Å²) >= 11 is 0. The summed E-state index contributed by atoms with van der Waals surface area (Å²) in [5.74, 6) is 4.91. The van der Waals surface area contributed by atoms with Gasteiger partial charge in [-0.15, -0.1) is 0 Å². The van der Waals surface area contributed by atoms with E-state index in [1.165, 1.54) is 93.6 Å². The molecule has 3 saturated carbocycles. The maximum Gasteiger partial charge on any atom is 0.0346 e. The van der Waals surface area contributed by atoms with Crippen molar-refractivity contribution in [3.05, 3.63) is 48.3 Å². The van der Waals surface area contributed by atoms with Crippen LogP contribution in [0, 0.1) is 35.0 Å². The molecule has 0 amide bonds. The van der Waals surface area contributed by atoms with Crippen molar-refractivity contribution in [1.82, 2.24) is 9.88 Å². The van der Waals surface area contributed by atoms with Crippen molar-refractivity contribution in [2.75, 3.05) is 13.1 Å². The predicted octanol–water partition coefficient (Wildman–Crippen LogP) is 7.35. The summed E-state index contributed by atoms with van der Waals surface area (Å²) in [4.78, 5) is 7.16. The molecule has 7 unspecified atom stereocenters. The number of hydrogen-bond acceptors (Lipinski definition) is 2. The Hall–Kier alpha value is -1.67. The number of aromatic nitrogens is 1. The second kappa shape index (κ2) is 7.94. The highest BCUT2D eigenvalue weighted by Gasteiger charge is 2.55. The lowest BCUT2D eigenvalue weighted by Crippen LogP contribution is -2.50. The summed E-state index contributed by atoms with van der Waals surface area (Å²) in [6, 6.07) is 10.2. The molecule has 1 saturated heterocycles. The second-order valence-corrected chi connectivity index (χ2v) is 12.4. The van der Waals surface area contributed by atoms with Gasteiger partial charge in [0, 0.05) is 23.8 Å². The van der Waals surface area contributed by atoms with Crippen LogP contribution in [0.1, 0.15) is 76.7 Å². The lowest BCUT2D eigenvalue weighted by Gasteiger charge is -2.56. The van der Waals surface area contributed by atoms with Crippen molar-refractivity contribution in [2.45, 2.75) is 77.2 Å². The molecule has 7 atom stereocenters. The van der Waals surface area contributed by atoms with Gasteiger partial charge in [-0.25, -0.2) is 0 Å². The Labute approximate surface area is 199 Å². The van der Waals surface area contributed by atoms with Gasteiger partial charge in [0.25, 0.3) is 0 Å². The molecular weight excluding hydrogens is 400 g/mol. The summed E-state index contributed by atoms with van der Waals surface area (Å²) in [5.41, 5.74) is 3.50. The van der Waals surface area contributed by atoms with Crippen molar-refractivity contribution < 1.29 is 0 Å². The van der Waals surface area contributed by atoms with Crippen LogP contribution < -0.4 is 0 Å². The average Bonchev–Trinajstić information content (AvgIpc) is 3.51. The van der Waals surface area contributed by atoms with E-state index in [-0.39, 0.29) is 0 Å². The summed E-state index contributed by atoms with van der Waals surface area (Å²) in [6.45, 7) is 5.39. The lowest BCUT2D eigenvalue weighted by atomic mass is 9.49. The van der Waals surface area contributed by atoms with E-state index in [0.29, 0.717) is 5.41 Å². The summed E-state index contributed by atoms with van der Waals surface area (Å²) in [7, 11) is 0. The molecule has 2 nitrogen and oxygen atoms in total. The van der Waals surface area contributed by atoms with Gasteiger partial charge in [0.2, 0.25) is 0 Å². The maximum atomic E-state index is 4.31. The smallest absolute Gasteiger partial charge is 0.0346 e. The number of allylic oxidation sites excluding steroid dienone is 2. The Kier molecular flexibility index (Phi) is 4.98. The Morgan fingerprint density at radius 2 is 1.79 bits per heavy atom. The maximum absolute atomic E-state index is 4.31. The third-order valence-electron chi connectivity index (χ3n) is 11.1. The first-order chi connectivity index (χ1) is 16.2. The molecule has 33 heavy (non-hydrogen) atoms. The number of hydrogen-bond donors (Lipinski definition) is 0. The van der Waals surface area contributed by atoms with Crippen LogP contribution in [-0.4, -0.2) is 29.0 Å². The Morgan fingerprint density at radius 1 is 0.909 bits per heavy atom. The van der Waals surface area contributed by atoms with Gasteiger partial charge in [-0.2, -0.15) is 0 Å². The second-order valence-electron chi connectivity index (χ2n) is 12.4. The molecule has 174 valence electrons. The van der Waals surface area contributed by atoms with E-state index in [4.69, 9.17) is 0 Å². The highest BCUT2D eigenvalue weighted by Crippen LogP contribution is 2.64. The van der Waals surface area contributed by atoms with E-state index in [0.717, 1.165) is 35.6 Å². The largest absolute Gasteiger partial charge is 0.300 e. The van der Waals surface area contributed by atoms with Gasteiger partial charge < -0.3 is 4.90 Å². The van der Waals surface area contributed by atoms with Crippen molar-refractivity contribution >= 4 is 16.3 Å². The zero-order valence-electron chi connectivity index (χ0n) is 20.4. The predicted molar refractivity (Wildman–Crippen MR) is 137 cm³/mol. The van der Waals surface area contributed by atoms with Gasteiger partial charge in [0.15, 0.2) is 0 Å². The Morgan fingerprint density at radius 3 is 2.70 bits per heavy atom. The molecule has 0 spiro atoms. The van der Waals surface area contributed by atoms with Gasteiger partial charge in [0.1, 0.15) is 0 Å². The summed E-state index contributed by atoms with van der Waals surface area (Å²) in [6.07, 6.45) is 21.2. The molecule has 5 aliphatic rings. The molecule has 1 aromatic carbocycles. The number of pyridine rings is 1. The molecule has 2 heterocycles. The third-order valence-corrected chi connectivity index (χ3v) is 11.1. The van der Waals surface area contributed by atoms with Crippen LogP contribution >= 0.6 is 0 Å². The highest BCUT2D eigenvalue weighted by atomic mass is 15.2. The first-order valence-corrected chi connectivity index (χ1v) is 14.0. The molecule has 4 fully saturated rings. The van der Waals surface area contributed by atoms with Crippen LogP contribution in [0.3, 0.4) is 0 Å². The van der Waals surface area contributed by atoms with Gasteiger partial charge >= 0.3 is 0 Å². The van der Waals surface area contributed by atoms with Crippen LogP contribution in [0.5, 0.6) is 0 Å². The van der Waals surface area contributed by atoms with Crippen LogP contribution in [0.25, 0.3) is 16.3 Å². The van der Waals surface area contributed by atoms with E-state index in [9.17, 15) is 0 Å². The standard InChI is InChI=1S/C31H40N2/c1-31-14-12-27-26-9-7-25(33-16-2-3-17-33)19-22(26)6-8-28(27)30(31)11-10-29(31)23-4-5-24-20-32-15-13-21(24)18-23/h4-5,10,13,15,18,20,22,25-28,30H,2-3,6-9,11-12,14,16-17,19H2,1H3. The van der Waals surface area contributed by atoms with Crippen LogP contribution in [0.15, 0.2) is 42.7 Å². The van der Waals surface area contributed by atoms with Crippen molar-refractivity contribution in [1.29, 1.82) is 0 Å². The minimum absolute atomic E-state index is 0.376. The molecule has 4 aliphatic carbocycles. The van der Waals surface area contributed by atoms with Gasteiger partial charge in [0.05, 0.1) is 0 Å². The van der Waals surface area contributed by atoms with E-state index < -0.39 is 0 Å². The molecule has 1 aromatic heterocycles. The van der Waals surface area contributed by atoms with E-state index in [2.05, 4.69) is 47.1 Å². The summed E-state index contributed by atoms with van der Waals surface area (Å²) in [5, 5.41) is 2.59. The minimum Gasteiger partial charge on any atom is -0.300 e. The van der Waals surface area contributed by atoms with Gasteiger partial charge in [-0.05, 0) is 141 Å². The fourth-order valence-corrected chi connectivity index (χ4v) is 9.53. The Balaban J connectivity index is 1.11. The van der Waals surface area contributed by atoms with Crippen LogP contribution in [0.2, 0.25) is 0 Å². The van der Waals surface area contributed by atoms with Crippen LogP contribution in [-0.2, 0) is 0 Å². The van der Waals surface area contributed by atoms with E-state index in [1.54, 1.807) is 5.57 Å². The van der Waals surface area contributed by atoms with E-state index >= 15 is 0 Å². The zero-order valence-corrected chi connectivity index (χ0v) is 20.4. The molecule has 0 radical (unpaired) electrons. The summed E-state index contributed by atoms with van der Waals surface area (Å²) < 4.78 is 0. The quantitative estimate of drug-likeness (QED) is 0.485. The number of fused-ring (bicyclic) bond motifs is 6. The topological polar surface area (TPSA) is 16.1 Å². The van der Waals surface area contributed by atoms with Crippen molar-refractivity contribution in [3.8, 4) is 0 Å². The molecule has 7 rings (SSSR count). The molecule has 2 heteroatoms. The first-order valence-electron chi connectivity index (χ1n) is 14.0. The average molecular weight is 441 g/mol. The highest BCUT2D eigenvalue weighted by molar-refractivity contribution is 5.86. The molecule has 0 bridgehead atoms. The molecule has 0 N–H and O–H groups in total. The normalized spacial score (nSPS) is 40.8. The third kappa shape index (κ3) is 3.27. The van der Waals surface area contributed by atoms with E-state index in [1.807, 2.05) is 12.4 Å². The number of likely N-dealkylation sites (tertiary alicyclic amines) is 1. The zero-order chi connectivity index (χ0) is 22.0. The minimum atomic E-state index is 0.376. The van der Waals surface area contributed by atoms with Gasteiger partial charge in [-0.3, -0.25) is 4.98 Å². The molecule has 2 aromatic rings. The van der Waals surface area contributed by atoms with Gasteiger partial charge in [-0.1, -0.05) is 25.1 Å². The van der Waals surface area contributed by atoms with Crippen molar-refractivity contribution in [2.24, 2.45) is 35.0 Å². The number of benzene rings is 1. The molecular formula is C31H40N2. The fraction of sp³-hybridized carbons (Fsp3) is 0.645.